The second-order valence-electron chi connectivity index (χ2n) is 6.57. The summed E-state index contributed by atoms with van der Waals surface area (Å²) >= 11 is 5.87. The molecule has 0 saturated carbocycles. The van der Waals surface area contributed by atoms with Gasteiger partial charge in [-0.2, -0.15) is 4.31 Å². The number of halogens is 1. The highest BCUT2D eigenvalue weighted by molar-refractivity contribution is 7.92. The number of benzene rings is 2. The fraction of sp³-hybridized carbons (Fsp3) is 0.300. The largest absolute Gasteiger partial charge is 0.486 e. The molecule has 2 aromatic carbocycles. The van der Waals surface area contributed by atoms with Crippen LogP contribution in [0.3, 0.4) is 0 Å². The van der Waals surface area contributed by atoms with E-state index in [1.807, 2.05) is 18.2 Å². The van der Waals surface area contributed by atoms with Gasteiger partial charge in [-0.15, -0.1) is 0 Å². The zero-order chi connectivity index (χ0) is 18.9. The molecule has 142 valence electrons. The van der Waals surface area contributed by atoms with Crippen LogP contribution < -0.4 is 9.47 Å². The highest BCUT2D eigenvalue weighted by Gasteiger charge is 2.34. The van der Waals surface area contributed by atoms with Gasteiger partial charge in [-0.05, 0) is 54.3 Å². The van der Waals surface area contributed by atoms with Crippen LogP contribution in [0.4, 0.5) is 0 Å². The summed E-state index contributed by atoms with van der Waals surface area (Å²) in [6.45, 7) is 1.55. The first kappa shape index (κ1) is 18.3. The number of sulfonamides is 1. The number of rotatable bonds is 4. The Morgan fingerprint density at radius 1 is 1.04 bits per heavy atom. The van der Waals surface area contributed by atoms with E-state index in [-0.39, 0.29) is 6.04 Å². The van der Waals surface area contributed by atoms with Crippen molar-refractivity contribution in [1.82, 2.24) is 4.31 Å². The highest BCUT2D eigenvalue weighted by atomic mass is 35.5. The Labute approximate surface area is 164 Å². The SMILES string of the molecule is O=S(=O)(/C=C/c1ccc(Cl)cc1)N1CCC[C@@H]1c1ccc2c(c1)OCCO2. The summed E-state index contributed by atoms with van der Waals surface area (Å²) in [4.78, 5) is 0. The number of fused-ring (bicyclic) bond motifs is 1. The first-order valence-electron chi connectivity index (χ1n) is 8.88. The zero-order valence-electron chi connectivity index (χ0n) is 14.7. The van der Waals surface area contributed by atoms with Crippen molar-refractivity contribution in [2.75, 3.05) is 19.8 Å². The molecule has 0 unspecified atom stereocenters. The summed E-state index contributed by atoms with van der Waals surface area (Å²) in [5.74, 6) is 1.39. The summed E-state index contributed by atoms with van der Waals surface area (Å²) in [7, 11) is -3.54. The van der Waals surface area contributed by atoms with Gasteiger partial charge in [0.05, 0.1) is 6.04 Å². The number of hydrogen-bond donors (Lipinski definition) is 0. The Balaban J connectivity index is 1.57. The summed E-state index contributed by atoms with van der Waals surface area (Å²) in [5.41, 5.74) is 1.72. The molecule has 27 heavy (non-hydrogen) atoms. The molecule has 2 heterocycles. The Kier molecular flexibility index (Phi) is 5.12. The van der Waals surface area contributed by atoms with E-state index in [1.54, 1.807) is 34.6 Å². The molecule has 0 bridgehead atoms. The number of nitrogens with zero attached hydrogens (tertiary/aromatic N) is 1. The van der Waals surface area contributed by atoms with Gasteiger partial charge in [0.1, 0.15) is 13.2 Å². The maximum Gasteiger partial charge on any atom is 0.236 e. The van der Waals surface area contributed by atoms with Gasteiger partial charge in [0.25, 0.3) is 0 Å². The molecule has 0 spiro atoms. The van der Waals surface area contributed by atoms with Crippen molar-refractivity contribution in [3.05, 3.63) is 64.0 Å². The predicted octanol–water partition coefficient (Wildman–Crippen LogP) is 4.25. The monoisotopic (exact) mass is 405 g/mol. The second-order valence-corrected chi connectivity index (χ2v) is 8.78. The first-order valence-corrected chi connectivity index (χ1v) is 10.8. The van der Waals surface area contributed by atoms with Crippen molar-refractivity contribution in [2.24, 2.45) is 0 Å². The van der Waals surface area contributed by atoms with Crippen molar-refractivity contribution in [1.29, 1.82) is 0 Å². The van der Waals surface area contributed by atoms with Gasteiger partial charge in [-0.3, -0.25) is 0 Å². The van der Waals surface area contributed by atoms with Gasteiger partial charge >= 0.3 is 0 Å². The van der Waals surface area contributed by atoms with Crippen LogP contribution in [0.25, 0.3) is 6.08 Å². The summed E-state index contributed by atoms with van der Waals surface area (Å²) in [5, 5.41) is 1.89. The van der Waals surface area contributed by atoms with Crippen LogP contribution in [0, 0.1) is 0 Å². The normalized spacial score (nSPS) is 20.3. The van der Waals surface area contributed by atoms with E-state index < -0.39 is 10.0 Å². The van der Waals surface area contributed by atoms with E-state index in [0.29, 0.717) is 36.3 Å². The summed E-state index contributed by atoms with van der Waals surface area (Å²) < 4.78 is 38.6. The molecule has 2 aliphatic rings. The molecule has 0 N–H and O–H groups in total. The fourth-order valence-corrected chi connectivity index (χ4v) is 5.04. The molecule has 1 fully saturated rings. The predicted molar refractivity (Wildman–Crippen MR) is 106 cm³/mol. The molecule has 4 rings (SSSR count). The lowest BCUT2D eigenvalue weighted by Gasteiger charge is -2.25. The molecule has 1 atom stereocenters. The maximum absolute atomic E-state index is 12.9. The average Bonchev–Trinajstić information content (AvgIpc) is 3.18. The van der Waals surface area contributed by atoms with Gasteiger partial charge < -0.3 is 9.47 Å². The molecule has 5 nitrogen and oxygen atoms in total. The first-order chi connectivity index (χ1) is 13.0. The molecular formula is C20H20ClNO4S. The van der Waals surface area contributed by atoms with E-state index >= 15 is 0 Å². The molecule has 0 aliphatic carbocycles. The second kappa shape index (κ2) is 7.54. The van der Waals surface area contributed by atoms with Crippen molar-refractivity contribution >= 4 is 27.7 Å². The van der Waals surface area contributed by atoms with Crippen LogP contribution in [0.15, 0.2) is 47.9 Å². The molecule has 1 saturated heterocycles. The molecule has 2 aliphatic heterocycles. The summed E-state index contributed by atoms with van der Waals surface area (Å²) in [6.07, 6.45) is 3.21. The molecule has 2 aromatic rings. The maximum atomic E-state index is 12.9. The van der Waals surface area contributed by atoms with Crippen molar-refractivity contribution in [3.8, 4) is 11.5 Å². The zero-order valence-corrected chi connectivity index (χ0v) is 16.2. The van der Waals surface area contributed by atoms with Crippen LogP contribution in [0.5, 0.6) is 11.5 Å². The van der Waals surface area contributed by atoms with Crippen LogP contribution in [0.2, 0.25) is 5.02 Å². The van der Waals surface area contributed by atoms with E-state index in [2.05, 4.69) is 0 Å². The van der Waals surface area contributed by atoms with Gasteiger partial charge in [-0.1, -0.05) is 29.8 Å². The van der Waals surface area contributed by atoms with Crippen LogP contribution in [-0.4, -0.2) is 32.5 Å². The Morgan fingerprint density at radius 3 is 2.56 bits per heavy atom. The molecular weight excluding hydrogens is 386 g/mol. The quantitative estimate of drug-likeness (QED) is 0.763. The smallest absolute Gasteiger partial charge is 0.236 e. The molecule has 7 heteroatoms. The number of hydrogen-bond acceptors (Lipinski definition) is 4. The average molecular weight is 406 g/mol. The van der Waals surface area contributed by atoms with Gasteiger partial charge in [-0.25, -0.2) is 8.42 Å². The van der Waals surface area contributed by atoms with Gasteiger partial charge in [0, 0.05) is 17.0 Å². The lowest BCUT2D eigenvalue weighted by molar-refractivity contribution is 0.171. The number of ether oxygens (including phenoxy) is 2. The van der Waals surface area contributed by atoms with Crippen molar-refractivity contribution in [2.45, 2.75) is 18.9 Å². The van der Waals surface area contributed by atoms with Gasteiger partial charge in [0.2, 0.25) is 10.0 Å². The van der Waals surface area contributed by atoms with E-state index in [9.17, 15) is 8.42 Å². The lowest BCUT2D eigenvalue weighted by atomic mass is 10.0. The highest BCUT2D eigenvalue weighted by Crippen LogP contribution is 2.39. The van der Waals surface area contributed by atoms with Crippen LogP contribution in [0.1, 0.15) is 30.0 Å². The van der Waals surface area contributed by atoms with Crippen LogP contribution in [-0.2, 0) is 10.0 Å². The minimum Gasteiger partial charge on any atom is -0.486 e. The van der Waals surface area contributed by atoms with E-state index in [4.69, 9.17) is 21.1 Å². The molecule has 0 radical (unpaired) electrons. The van der Waals surface area contributed by atoms with Gasteiger partial charge in [0.15, 0.2) is 11.5 Å². The third-order valence-electron chi connectivity index (χ3n) is 4.78. The Morgan fingerprint density at radius 2 is 1.78 bits per heavy atom. The summed E-state index contributed by atoms with van der Waals surface area (Å²) in [6, 6.07) is 12.5. The van der Waals surface area contributed by atoms with Crippen molar-refractivity contribution in [3.63, 3.8) is 0 Å². The Bertz CT molecular complexity index is 956. The standard InChI is InChI=1S/C20H20ClNO4S/c21-17-6-3-15(4-7-17)9-13-27(23,24)22-10-1-2-18(22)16-5-8-19-20(14-16)26-12-11-25-19/h3-9,13-14,18H,1-2,10-12H2/b13-9+/t18-/m1/s1. The Hall–Kier alpha value is -2.02. The minimum absolute atomic E-state index is 0.194. The fourth-order valence-electron chi connectivity index (χ4n) is 3.46. The molecule has 0 aromatic heterocycles. The minimum atomic E-state index is -3.54. The van der Waals surface area contributed by atoms with E-state index in [1.165, 1.54) is 5.41 Å². The van der Waals surface area contributed by atoms with E-state index in [0.717, 1.165) is 24.0 Å². The molecule has 0 amide bonds. The third kappa shape index (κ3) is 3.98. The topological polar surface area (TPSA) is 55.8 Å². The lowest BCUT2D eigenvalue weighted by Crippen LogP contribution is -2.29. The third-order valence-corrected chi connectivity index (χ3v) is 6.61. The van der Waals surface area contributed by atoms with Crippen molar-refractivity contribution < 1.29 is 17.9 Å². The van der Waals surface area contributed by atoms with Crippen LogP contribution >= 0.6 is 11.6 Å².